The van der Waals surface area contributed by atoms with E-state index >= 15 is 0 Å². The Bertz CT molecular complexity index is 377. The van der Waals surface area contributed by atoms with Crippen LogP contribution in [-0.2, 0) is 9.59 Å². The number of carbonyl (C=O) groups is 2. The fourth-order valence-electron chi connectivity index (χ4n) is 3.35. The van der Waals surface area contributed by atoms with Crippen molar-refractivity contribution in [2.45, 2.75) is 47.5 Å². The van der Waals surface area contributed by atoms with Gasteiger partial charge in [0, 0.05) is 20.0 Å². The number of rotatable bonds is 8. The van der Waals surface area contributed by atoms with Crippen molar-refractivity contribution in [1.29, 1.82) is 0 Å². The Morgan fingerprint density at radius 1 is 1.09 bits per heavy atom. The predicted molar refractivity (Wildman–Crippen MR) is 94.0 cm³/mol. The van der Waals surface area contributed by atoms with Crippen LogP contribution in [0.15, 0.2) is 0 Å². The number of likely N-dealkylation sites (tertiary alicyclic amines) is 1. The van der Waals surface area contributed by atoms with Crippen molar-refractivity contribution in [3.8, 4) is 0 Å². The van der Waals surface area contributed by atoms with Gasteiger partial charge >= 0.3 is 0 Å². The van der Waals surface area contributed by atoms with Gasteiger partial charge in [0.2, 0.25) is 11.8 Å². The number of quaternary nitrogens is 1. The molecule has 2 amide bonds. The van der Waals surface area contributed by atoms with Gasteiger partial charge in [-0.1, -0.05) is 6.92 Å². The molecule has 0 unspecified atom stereocenters. The molecule has 0 bridgehead atoms. The number of amides is 2. The highest BCUT2D eigenvalue weighted by Gasteiger charge is 2.26. The van der Waals surface area contributed by atoms with Crippen LogP contribution in [-0.4, -0.2) is 78.5 Å². The molecule has 0 radical (unpaired) electrons. The average Bonchev–Trinajstić information content (AvgIpc) is 2.55. The average molecular weight is 327 g/mol. The highest BCUT2D eigenvalue weighted by Crippen LogP contribution is 2.16. The van der Waals surface area contributed by atoms with E-state index in [1.807, 2.05) is 4.90 Å². The molecule has 1 fully saturated rings. The third-order valence-electron chi connectivity index (χ3n) is 5.76. The van der Waals surface area contributed by atoms with Gasteiger partial charge in [0.1, 0.15) is 0 Å². The van der Waals surface area contributed by atoms with Crippen molar-refractivity contribution in [3.63, 3.8) is 0 Å². The summed E-state index contributed by atoms with van der Waals surface area (Å²) in [4.78, 5) is 28.1. The van der Waals surface area contributed by atoms with Gasteiger partial charge in [0.05, 0.1) is 39.3 Å². The number of likely N-dealkylation sites (N-methyl/N-ethyl adjacent to an activating group) is 1. The first-order valence-corrected chi connectivity index (χ1v) is 9.25. The SMILES string of the molecule is CC[N+](CC)(CC)CCN(CC(=O)N1CCC(C)CC1)C(C)=O. The summed E-state index contributed by atoms with van der Waals surface area (Å²) in [6.07, 6.45) is 2.15. The van der Waals surface area contributed by atoms with Crippen LogP contribution in [0.5, 0.6) is 0 Å². The third kappa shape index (κ3) is 5.79. The van der Waals surface area contributed by atoms with E-state index in [0.29, 0.717) is 12.5 Å². The molecule has 0 spiro atoms. The Balaban J connectivity index is 2.58. The number of nitrogens with zero attached hydrogens (tertiary/aromatic N) is 3. The largest absolute Gasteiger partial charge is 0.341 e. The molecule has 1 saturated heterocycles. The van der Waals surface area contributed by atoms with Gasteiger partial charge in [0.15, 0.2) is 0 Å². The second-order valence-electron chi connectivity index (χ2n) is 7.02. The normalized spacial score (nSPS) is 16.5. The molecular weight excluding hydrogens is 290 g/mol. The molecule has 1 aliphatic rings. The Labute approximate surface area is 142 Å². The Morgan fingerprint density at radius 2 is 1.61 bits per heavy atom. The van der Waals surface area contributed by atoms with Crippen LogP contribution in [0.1, 0.15) is 47.5 Å². The van der Waals surface area contributed by atoms with E-state index < -0.39 is 0 Å². The van der Waals surface area contributed by atoms with Gasteiger partial charge in [-0.3, -0.25) is 9.59 Å². The fraction of sp³-hybridized carbons (Fsp3) is 0.889. The van der Waals surface area contributed by atoms with E-state index in [2.05, 4.69) is 27.7 Å². The molecular formula is C18H36N3O2+. The molecule has 1 rings (SSSR count). The summed E-state index contributed by atoms with van der Waals surface area (Å²) < 4.78 is 0.999. The summed E-state index contributed by atoms with van der Waals surface area (Å²) in [6, 6.07) is 0. The molecule has 5 heteroatoms. The first kappa shape index (κ1) is 19.9. The molecule has 134 valence electrons. The van der Waals surface area contributed by atoms with Gasteiger partial charge in [0.25, 0.3) is 0 Å². The number of carbonyl (C=O) groups excluding carboxylic acids is 2. The summed E-state index contributed by atoms with van der Waals surface area (Å²) in [6.45, 7) is 17.1. The zero-order valence-electron chi connectivity index (χ0n) is 15.8. The topological polar surface area (TPSA) is 40.6 Å². The maximum Gasteiger partial charge on any atom is 0.242 e. The van der Waals surface area contributed by atoms with Crippen molar-refractivity contribution in [2.75, 3.05) is 52.4 Å². The lowest BCUT2D eigenvalue weighted by atomic mass is 9.99. The Hall–Kier alpha value is -1.10. The lowest BCUT2D eigenvalue weighted by Gasteiger charge is -2.38. The van der Waals surface area contributed by atoms with Crippen molar-refractivity contribution >= 4 is 11.8 Å². The molecule has 23 heavy (non-hydrogen) atoms. The molecule has 5 nitrogen and oxygen atoms in total. The molecule has 0 N–H and O–H groups in total. The number of hydrogen-bond donors (Lipinski definition) is 0. The van der Waals surface area contributed by atoms with Crippen molar-refractivity contribution in [2.24, 2.45) is 5.92 Å². The highest BCUT2D eigenvalue weighted by molar-refractivity contribution is 5.83. The first-order valence-electron chi connectivity index (χ1n) is 9.25. The molecule has 0 aromatic rings. The highest BCUT2D eigenvalue weighted by atomic mass is 16.2. The summed E-state index contributed by atoms with van der Waals surface area (Å²) >= 11 is 0. The zero-order valence-corrected chi connectivity index (χ0v) is 15.8. The second kappa shape index (κ2) is 9.26. The van der Waals surface area contributed by atoms with Crippen LogP contribution in [0.2, 0.25) is 0 Å². The third-order valence-corrected chi connectivity index (χ3v) is 5.76. The van der Waals surface area contributed by atoms with Gasteiger partial charge < -0.3 is 14.3 Å². The van der Waals surface area contributed by atoms with Gasteiger partial charge in [-0.25, -0.2) is 0 Å². The van der Waals surface area contributed by atoms with E-state index in [1.165, 1.54) is 0 Å². The smallest absolute Gasteiger partial charge is 0.242 e. The Kier molecular flexibility index (Phi) is 8.03. The minimum absolute atomic E-state index is 0.00476. The van der Waals surface area contributed by atoms with Crippen LogP contribution < -0.4 is 0 Å². The van der Waals surface area contributed by atoms with Crippen LogP contribution in [0.3, 0.4) is 0 Å². The van der Waals surface area contributed by atoms with Crippen LogP contribution in [0.25, 0.3) is 0 Å². The van der Waals surface area contributed by atoms with E-state index in [1.54, 1.807) is 11.8 Å². The molecule has 1 aliphatic heterocycles. The monoisotopic (exact) mass is 326 g/mol. The molecule has 0 aromatic heterocycles. The maximum atomic E-state index is 12.5. The summed E-state index contributed by atoms with van der Waals surface area (Å²) in [5.41, 5.74) is 0. The number of piperidine rings is 1. The Morgan fingerprint density at radius 3 is 2.04 bits per heavy atom. The van der Waals surface area contributed by atoms with Crippen LogP contribution in [0, 0.1) is 5.92 Å². The fourth-order valence-corrected chi connectivity index (χ4v) is 3.35. The number of hydrogen-bond acceptors (Lipinski definition) is 2. The van der Waals surface area contributed by atoms with Crippen molar-refractivity contribution in [1.82, 2.24) is 9.80 Å². The summed E-state index contributed by atoms with van der Waals surface area (Å²) in [5.74, 6) is 0.819. The first-order chi connectivity index (χ1) is 10.9. The van der Waals surface area contributed by atoms with E-state index in [0.717, 1.165) is 56.6 Å². The molecule has 0 saturated carbocycles. The van der Waals surface area contributed by atoms with Crippen LogP contribution in [0.4, 0.5) is 0 Å². The van der Waals surface area contributed by atoms with Crippen LogP contribution >= 0.6 is 0 Å². The second-order valence-corrected chi connectivity index (χ2v) is 7.02. The van der Waals surface area contributed by atoms with Gasteiger partial charge in [-0.05, 0) is 39.5 Å². The zero-order chi connectivity index (χ0) is 17.5. The molecule has 0 atom stereocenters. The van der Waals surface area contributed by atoms with Gasteiger partial charge in [-0.2, -0.15) is 0 Å². The quantitative estimate of drug-likeness (QED) is 0.640. The minimum atomic E-state index is 0.00476. The van der Waals surface area contributed by atoms with Crippen molar-refractivity contribution < 1.29 is 14.1 Å². The lowest BCUT2D eigenvalue weighted by molar-refractivity contribution is -0.922. The van der Waals surface area contributed by atoms with E-state index in [9.17, 15) is 9.59 Å². The van der Waals surface area contributed by atoms with E-state index in [4.69, 9.17) is 0 Å². The molecule has 0 aliphatic carbocycles. The summed E-state index contributed by atoms with van der Waals surface area (Å²) in [5, 5.41) is 0. The molecule has 0 aromatic carbocycles. The maximum absolute atomic E-state index is 12.5. The lowest BCUT2D eigenvalue weighted by Crippen LogP contribution is -2.53. The predicted octanol–water partition coefficient (Wildman–Crippen LogP) is 1.97. The van der Waals surface area contributed by atoms with Gasteiger partial charge in [-0.15, -0.1) is 0 Å². The minimum Gasteiger partial charge on any atom is -0.341 e. The van der Waals surface area contributed by atoms with Crippen molar-refractivity contribution in [3.05, 3.63) is 0 Å². The summed E-state index contributed by atoms with van der Waals surface area (Å²) in [7, 11) is 0. The standard InChI is InChI=1S/C18H36N3O2/c1-6-21(7-2,8-3)14-13-20(17(5)22)15-18(23)19-11-9-16(4)10-12-19/h16H,6-15H2,1-5H3/q+1. The van der Waals surface area contributed by atoms with E-state index in [-0.39, 0.29) is 18.4 Å². The molecule has 1 heterocycles.